The van der Waals surface area contributed by atoms with Crippen LogP contribution in [-0.2, 0) is 4.79 Å². The summed E-state index contributed by atoms with van der Waals surface area (Å²) in [6.07, 6.45) is 5.81. The number of carboxylic acid groups (broad SMARTS) is 1. The molecule has 0 unspecified atom stereocenters. The summed E-state index contributed by atoms with van der Waals surface area (Å²) in [6, 6.07) is 7.32. The molecule has 1 N–H and O–H groups in total. The number of carbonyl (C=O) groups excluding carboxylic acids is 2. The van der Waals surface area contributed by atoms with Gasteiger partial charge in [0.2, 0.25) is 5.91 Å². The standard InChI is InChI=1S/C20H22N4O4/c25-18-2-1-9-23(18)16-5-3-14(4-6-16)19(26)22-10-7-17(8-11-22)24-13-15(12-21-24)20(27)28/h3-6,12-13,17H,1-2,7-11H2,(H,27,28). The van der Waals surface area contributed by atoms with Gasteiger partial charge in [-0.2, -0.15) is 5.10 Å². The minimum atomic E-state index is -0.988. The van der Waals surface area contributed by atoms with Crippen molar-refractivity contribution in [1.82, 2.24) is 14.7 Å². The number of aromatic carboxylic acids is 1. The van der Waals surface area contributed by atoms with Crippen molar-refractivity contribution in [3.05, 3.63) is 47.8 Å². The lowest BCUT2D eigenvalue weighted by molar-refractivity contribution is -0.117. The number of aromatic nitrogens is 2. The molecule has 0 atom stereocenters. The SMILES string of the molecule is O=C(O)c1cnn(C2CCN(C(=O)c3ccc(N4CCCC4=O)cc3)CC2)c1. The molecule has 3 heterocycles. The second-order valence-electron chi connectivity index (χ2n) is 7.23. The highest BCUT2D eigenvalue weighted by molar-refractivity contribution is 5.97. The van der Waals surface area contributed by atoms with Crippen molar-refractivity contribution in [2.45, 2.75) is 31.7 Å². The summed E-state index contributed by atoms with van der Waals surface area (Å²) in [5.41, 5.74) is 1.63. The van der Waals surface area contributed by atoms with E-state index < -0.39 is 5.97 Å². The van der Waals surface area contributed by atoms with E-state index in [4.69, 9.17) is 5.11 Å². The van der Waals surface area contributed by atoms with Crippen molar-refractivity contribution in [3.8, 4) is 0 Å². The number of hydrogen-bond acceptors (Lipinski definition) is 4. The van der Waals surface area contributed by atoms with Gasteiger partial charge in [0.1, 0.15) is 0 Å². The maximum Gasteiger partial charge on any atom is 0.338 e. The predicted octanol–water partition coefficient (Wildman–Crippen LogP) is 2.19. The van der Waals surface area contributed by atoms with Crippen molar-refractivity contribution >= 4 is 23.5 Å². The third-order valence-electron chi connectivity index (χ3n) is 5.47. The van der Waals surface area contributed by atoms with E-state index in [1.807, 2.05) is 17.0 Å². The van der Waals surface area contributed by atoms with Gasteiger partial charge < -0.3 is 14.9 Å². The first-order chi connectivity index (χ1) is 13.5. The molecule has 2 aliphatic rings. The number of carboxylic acids is 1. The molecule has 2 saturated heterocycles. The van der Waals surface area contributed by atoms with E-state index in [0.717, 1.165) is 31.5 Å². The van der Waals surface area contributed by atoms with Gasteiger partial charge >= 0.3 is 5.97 Å². The molecule has 0 aliphatic carbocycles. The minimum Gasteiger partial charge on any atom is -0.478 e. The zero-order chi connectivity index (χ0) is 19.7. The number of hydrogen-bond donors (Lipinski definition) is 1. The normalized spacial score (nSPS) is 17.9. The number of nitrogens with zero attached hydrogens (tertiary/aromatic N) is 4. The molecule has 8 heteroatoms. The lowest BCUT2D eigenvalue weighted by Crippen LogP contribution is -2.39. The van der Waals surface area contributed by atoms with E-state index >= 15 is 0 Å². The van der Waals surface area contributed by atoms with Gasteiger partial charge in [-0.1, -0.05) is 0 Å². The topological polar surface area (TPSA) is 95.7 Å². The van der Waals surface area contributed by atoms with Crippen molar-refractivity contribution in [1.29, 1.82) is 0 Å². The van der Waals surface area contributed by atoms with E-state index in [2.05, 4.69) is 5.10 Å². The zero-order valence-corrected chi connectivity index (χ0v) is 15.5. The quantitative estimate of drug-likeness (QED) is 0.874. The number of piperidine rings is 1. The average Bonchev–Trinajstić information content (AvgIpc) is 3.37. The van der Waals surface area contributed by atoms with E-state index in [1.54, 1.807) is 27.9 Å². The fourth-order valence-electron chi connectivity index (χ4n) is 3.87. The van der Waals surface area contributed by atoms with E-state index in [0.29, 0.717) is 25.1 Å². The summed E-state index contributed by atoms with van der Waals surface area (Å²) in [6.45, 7) is 1.92. The number of carbonyl (C=O) groups is 3. The van der Waals surface area contributed by atoms with Crippen LogP contribution in [0, 0.1) is 0 Å². The second kappa shape index (κ2) is 7.46. The van der Waals surface area contributed by atoms with E-state index in [-0.39, 0.29) is 23.4 Å². The van der Waals surface area contributed by atoms with Crippen LogP contribution in [0.5, 0.6) is 0 Å². The third-order valence-corrected chi connectivity index (χ3v) is 5.47. The summed E-state index contributed by atoms with van der Waals surface area (Å²) in [4.78, 5) is 39.2. The Morgan fingerprint density at radius 2 is 1.75 bits per heavy atom. The number of anilines is 1. The Bertz CT molecular complexity index is 897. The molecule has 2 aromatic rings. The van der Waals surface area contributed by atoms with Gasteiger partial charge in [0.25, 0.3) is 5.91 Å². The molecular formula is C20H22N4O4. The van der Waals surface area contributed by atoms with Crippen molar-refractivity contribution in [2.75, 3.05) is 24.5 Å². The van der Waals surface area contributed by atoms with Gasteiger partial charge in [0.05, 0.1) is 17.8 Å². The molecule has 146 valence electrons. The van der Waals surface area contributed by atoms with Crippen LogP contribution in [0.25, 0.3) is 0 Å². The lowest BCUT2D eigenvalue weighted by atomic mass is 10.0. The Hall–Kier alpha value is -3.16. The molecule has 0 saturated carbocycles. The zero-order valence-electron chi connectivity index (χ0n) is 15.5. The predicted molar refractivity (Wildman–Crippen MR) is 101 cm³/mol. The molecule has 4 rings (SSSR count). The lowest BCUT2D eigenvalue weighted by Gasteiger charge is -2.32. The fraction of sp³-hybridized carbons (Fsp3) is 0.400. The van der Waals surface area contributed by atoms with Crippen LogP contribution in [0.4, 0.5) is 5.69 Å². The van der Waals surface area contributed by atoms with Crippen molar-refractivity contribution in [2.24, 2.45) is 0 Å². The average molecular weight is 382 g/mol. The highest BCUT2D eigenvalue weighted by Gasteiger charge is 2.26. The van der Waals surface area contributed by atoms with Crippen LogP contribution in [0.3, 0.4) is 0 Å². The summed E-state index contributed by atoms with van der Waals surface area (Å²) in [7, 11) is 0. The van der Waals surface area contributed by atoms with E-state index in [9.17, 15) is 14.4 Å². The van der Waals surface area contributed by atoms with Crippen LogP contribution < -0.4 is 4.90 Å². The van der Waals surface area contributed by atoms with Crippen LogP contribution in [0.2, 0.25) is 0 Å². The highest BCUT2D eigenvalue weighted by Crippen LogP contribution is 2.25. The maximum atomic E-state index is 12.8. The van der Waals surface area contributed by atoms with E-state index in [1.165, 1.54) is 6.20 Å². The number of rotatable bonds is 4. The van der Waals surface area contributed by atoms with Gasteiger partial charge in [0.15, 0.2) is 0 Å². The van der Waals surface area contributed by atoms with Crippen molar-refractivity contribution in [3.63, 3.8) is 0 Å². The molecule has 2 amide bonds. The Labute approximate surface area is 162 Å². The largest absolute Gasteiger partial charge is 0.478 e. The van der Waals surface area contributed by atoms with Crippen LogP contribution in [0.15, 0.2) is 36.7 Å². The van der Waals surface area contributed by atoms with Gasteiger partial charge in [-0.3, -0.25) is 14.3 Å². The molecular weight excluding hydrogens is 360 g/mol. The molecule has 28 heavy (non-hydrogen) atoms. The molecule has 8 nitrogen and oxygen atoms in total. The molecule has 1 aromatic heterocycles. The molecule has 0 spiro atoms. The molecule has 0 radical (unpaired) electrons. The summed E-state index contributed by atoms with van der Waals surface area (Å²) >= 11 is 0. The van der Waals surface area contributed by atoms with Gasteiger partial charge in [-0.25, -0.2) is 4.79 Å². The Balaban J connectivity index is 1.37. The first kappa shape index (κ1) is 18.2. The van der Waals surface area contributed by atoms with Gasteiger partial charge in [-0.05, 0) is 43.5 Å². The Morgan fingerprint density at radius 3 is 2.32 bits per heavy atom. The van der Waals surface area contributed by atoms with Gasteiger partial charge in [0, 0.05) is 43.5 Å². The minimum absolute atomic E-state index is 0.0237. The van der Waals surface area contributed by atoms with Gasteiger partial charge in [-0.15, -0.1) is 0 Å². The van der Waals surface area contributed by atoms with Crippen LogP contribution >= 0.6 is 0 Å². The fourth-order valence-corrected chi connectivity index (χ4v) is 3.87. The smallest absolute Gasteiger partial charge is 0.338 e. The molecule has 1 aromatic carbocycles. The monoisotopic (exact) mass is 382 g/mol. The summed E-state index contributed by atoms with van der Waals surface area (Å²) < 4.78 is 1.69. The number of amides is 2. The van der Waals surface area contributed by atoms with Crippen LogP contribution in [0.1, 0.15) is 52.4 Å². The number of benzene rings is 1. The Morgan fingerprint density at radius 1 is 1.04 bits per heavy atom. The molecule has 2 fully saturated rings. The molecule has 2 aliphatic heterocycles. The summed E-state index contributed by atoms with van der Waals surface area (Å²) in [5, 5.41) is 13.2. The molecule has 0 bridgehead atoms. The Kier molecular flexibility index (Phi) is 4.85. The van der Waals surface area contributed by atoms with Crippen LogP contribution in [-0.4, -0.2) is 57.2 Å². The van der Waals surface area contributed by atoms with Crippen molar-refractivity contribution < 1.29 is 19.5 Å². The third kappa shape index (κ3) is 3.49. The highest BCUT2D eigenvalue weighted by atomic mass is 16.4. The maximum absolute atomic E-state index is 12.8. The second-order valence-corrected chi connectivity index (χ2v) is 7.23. The number of likely N-dealkylation sites (tertiary alicyclic amines) is 1. The first-order valence-electron chi connectivity index (χ1n) is 9.50. The summed E-state index contributed by atoms with van der Waals surface area (Å²) in [5.74, 6) is -0.881. The first-order valence-corrected chi connectivity index (χ1v) is 9.50.